The Morgan fingerprint density at radius 3 is 3.16 bits per heavy atom. The van der Waals surface area contributed by atoms with E-state index in [4.69, 9.17) is 4.74 Å². The summed E-state index contributed by atoms with van der Waals surface area (Å²) in [5.41, 5.74) is 2.42. The highest BCUT2D eigenvalue weighted by atomic mass is 16.5. The maximum atomic E-state index is 5.67. The molecule has 1 unspecified atom stereocenters. The van der Waals surface area contributed by atoms with E-state index in [-0.39, 0.29) is 5.60 Å². The number of nitrogens with zero attached hydrogens (tertiary/aromatic N) is 3. The number of hydrogen-bond acceptors (Lipinski definition) is 5. The van der Waals surface area contributed by atoms with Crippen LogP contribution in [0.25, 0.3) is 0 Å². The monoisotopic (exact) mass is 262 g/mol. The minimum Gasteiger partial charge on any atom is -0.377 e. The molecule has 104 valence electrons. The van der Waals surface area contributed by atoms with Gasteiger partial charge in [0.05, 0.1) is 11.3 Å². The first-order chi connectivity index (χ1) is 9.22. The molecule has 0 aliphatic carbocycles. The smallest absolute Gasteiger partial charge is 0.136 e. The van der Waals surface area contributed by atoms with Crippen molar-refractivity contribution in [2.24, 2.45) is 0 Å². The van der Waals surface area contributed by atoms with Crippen LogP contribution in [0.3, 0.4) is 0 Å². The lowest BCUT2D eigenvalue weighted by molar-refractivity contribution is -0.00486. The van der Waals surface area contributed by atoms with Crippen LogP contribution in [0.15, 0.2) is 6.33 Å². The second-order valence-corrected chi connectivity index (χ2v) is 5.73. The molecule has 1 atom stereocenters. The Kier molecular flexibility index (Phi) is 3.41. The van der Waals surface area contributed by atoms with Crippen LogP contribution in [0.2, 0.25) is 0 Å². The van der Waals surface area contributed by atoms with Crippen molar-refractivity contribution in [1.82, 2.24) is 15.3 Å². The predicted octanol–water partition coefficient (Wildman–Crippen LogP) is 1.13. The number of piperidine rings is 1. The second kappa shape index (κ2) is 5.06. The van der Waals surface area contributed by atoms with Gasteiger partial charge in [-0.3, -0.25) is 0 Å². The average Bonchev–Trinajstić information content (AvgIpc) is 2.47. The first kappa shape index (κ1) is 12.8. The molecule has 19 heavy (non-hydrogen) atoms. The highest BCUT2D eigenvalue weighted by Crippen LogP contribution is 2.30. The molecule has 3 heterocycles. The van der Waals surface area contributed by atoms with Gasteiger partial charge in [0.1, 0.15) is 12.1 Å². The van der Waals surface area contributed by atoms with E-state index in [9.17, 15) is 0 Å². The van der Waals surface area contributed by atoms with Crippen LogP contribution in [0, 0.1) is 0 Å². The summed E-state index contributed by atoms with van der Waals surface area (Å²) in [5, 5.41) is 3.42. The van der Waals surface area contributed by atoms with E-state index in [1.165, 1.54) is 11.3 Å². The summed E-state index contributed by atoms with van der Waals surface area (Å²) in [7, 11) is 1.81. The fourth-order valence-electron chi connectivity index (χ4n) is 3.08. The van der Waals surface area contributed by atoms with E-state index in [2.05, 4.69) is 27.1 Å². The van der Waals surface area contributed by atoms with Crippen molar-refractivity contribution < 1.29 is 4.74 Å². The minimum absolute atomic E-state index is 0.0574. The summed E-state index contributed by atoms with van der Waals surface area (Å²) in [6, 6.07) is 0. The Morgan fingerprint density at radius 1 is 1.42 bits per heavy atom. The summed E-state index contributed by atoms with van der Waals surface area (Å²) in [5.74, 6) is 1.10. The summed E-state index contributed by atoms with van der Waals surface area (Å²) in [6.07, 6.45) is 4.97. The minimum atomic E-state index is -0.0574. The van der Waals surface area contributed by atoms with Crippen molar-refractivity contribution in [2.75, 3.05) is 31.6 Å². The Hall–Kier alpha value is -1.20. The number of nitrogens with one attached hydrogen (secondary N) is 1. The van der Waals surface area contributed by atoms with Gasteiger partial charge in [0.2, 0.25) is 0 Å². The molecule has 1 N–H and O–H groups in total. The van der Waals surface area contributed by atoms with Crippen molar-refractivity contribution in [2.45, 2.75) is 38.3 Å². The summed E-state index contributed by atoms with van der Waals surface area (Å²) in [6.45, 7) is 6.05. The Morgan fingerprint density at radius 2 is 2.32 bits per heavy atom. The van der Waals surface area contributed by atoms with Gasteiger partial charge >= 0.3 is 0 Å². The molecule has 0 radical (unpaired) electrons. The van der Waals surface area contributed by atoms with Gasteiger partial charge in [-0.1, -0.05) is 0 Å². The third-order valence-electron chi connectivity index (χ3n) is 4.30. The number of ether oxygens (including phenoxy) is 1. The molecule has 1 saturated heterocycles. The molecule has 5 heteroatoms. The van der Waals surface area contributed by atoms with Gasteiger partial charge in [-0.2, -0.15) is 0 Å². The first-order valence-corrected chi connectivity index (χ1v) is 7.05. The highest BCUT2D eigenvalue weighted by molar-refractivity contribution is 5.50. The largest absolute Gasteiger partial charge is 0.377 e. The zero-order chi connectivity index (χ0) is 13.3. The normalized spacial score (nSPS) is 27.2. The van der Waals surface area contributed by atoms with E-state index in [1.54, 1.807) is 13.4 Å². The van der Waals surface area contributed by atoms with Crippen LogP contribution < -0.4 is 10.2 Å². The number of hydrogen-bond donors (Lipinski definition) is 1. The molecular formula is C14H22N4O. The first-order valence-electron chi connectivity index (χ1n) is 7.05. The molecule has 0 aromatic carbocycles. The van der Waals surface area contributed by atoms with E-state index in [0.717, 1.165) is 51.3 Å². The van der Waals surface area contributed by atoms with Gasteiger partial charge in [0.15, 0.2) is 0 Å². The predicted molar refractivity (Wildman–Crippen MR) is 74.3 cm³/mol. The lowest BCUT2D eigenvalue weighted by Crippen LogP contribution is -2.48. The summed E-state index contributed by atoms with van der Waals surface area (Å²) >= 11 is 0. The van der Waals surface area contributed by atoms with Gasteiger partial charge in [0, 0.05) is 45.3 Å². The lowest BCUT2D eigenvalue weighted by Gasteiger charge is -2.41. The number of anilines is 1. The van der Waals surface area contributed by atoms with Gasteiger partial charge in [-0.15, -0.1) is 0 Å². The van der Waals surface area contributed by atoms with Crippen LogP contribution >= 0.6 is 0 Å². The molecule has 2 aliphatic rings. The fourth-order valence-corrected chi connectivity index (χ4v) is 3.08. The number of aromatic nitrogens is 2. The van der Waals surface area contributed by atoms with Crippen molar-refractivity contribution in [1.29, 1.82) is 0 Å². The maximum Gasteiger partial charge on any atom is 0.136 e. The molecule has 1 aromatic heterocycles. The van der Waals surface area contributed by atoms with Crippen LogP contribution in [0.5, 0.6) is 0 Å². The molecular weight excluding hydrogens is 240 g/mol. The molecule has 3 rings (SSSR count). The highest BCUT2D eigenvalue weighted by Gasteiger charge is 2.32. The molecule has 0 amide bonds. The molecule has 1 fully saturated rings. The van der Waals surface area contributed by atoms with Gasteiger partial charge in [-0.05, 0) is 19.8 Å². The topological polar surface area (TPSA) is 50.3 Å². The van der Waals surface area contributed by atoms with Gasteiger partial charge in [0.25, 0.3) is 0 Å². The molecule has 2 aliphatic heterocycles. The molecule has 5 nitrogen and oxygen atoms in total. The lowest BCUT2D eigenvalue weighted by atomic mass is 9.94. The van der Waals surface area contributed by atoms with Crippen LogP contribution in [-0.4, -0.2) is 42.3 Å². The fraction of sp³-hybridized carbons (Fsp3) is 0.714. The van der Waals surface area contributed by atoms with Crippen LogP contribution in [0.4, 0.5) is 5.82 Å². The molecule has 1 aromatic rings. The van der Waals surface area contributed by atoms with Crippen molar-refractivity contribution in [3.8, 4) is 0 Å². The Balaban J connectivity index is 1.89. The van der Waals surface area contributed by atoms with Crippen LogP contribution in [0.1, 0.15) is 31.0 Å². The zero-order valence-electron chi connectivity index (χ0n) is 11.8. The quantitative estimate of drug-likeness (QED) is 0.866. The van der Waals surface area contributed by atoms with Gasteiger partial charge < -0.3 is 15.0 Å². The molecule has 0 saturated carbocycles. The van der Waals surface area contributed by atoms with E-state index >= 15 is 0 Å². The van der Waals surface area contributed by atoms with E-state index in [1.807, 2.05) is 0 Å². The number of rotatable bonds is 2. The van der Waals surface area contributed by atoms with Crippen molar-refractivity contribution in [3.05, 3.63) is 17.6 Å². The SMILES string of the molecule is COC1(C)CCCN(c2ncnc3c2CNCC3)C1. The maximum absolute atomic E-state index is 5.67. The second-order valence-electron chi connectivity index (χ2n) is 5.73. The van der Waals surface area contributed by atoms with E-state index < -0.39 is 0 Å². The molecule has 0 bridgehead atoms. The number of fused-ring (bicyclic) bond motifs is 1. The summed E-state index contributed by atoms with van der Waals surface area (Å²) < 4.78 is 5.67. The number of methoxy groups -OCH3 is 1. The zero-order valence-corrected chi connectivity index (χ0v) is 11.8. The third kappa shape index (κ3) is 2.44. The third-order valence-corrected chi connectivity index (χ3v) is 4.30. The Bertz CT molecular complexity index is 465. The van der Waals surface area contributed by atoms with Crippen molar-refractivity contribution >= 4 is 5.82 Å². The molecule has 0 spiro atoms. The van der Waals surface area contributed by atoms with Crippen LogP contribution in [-0.2, 0) is 17.7 Å². The Labute approximate surface area is 114 Å². The van der Waals surface area contributed by atoms with Crippen molar-refractivity contribution in [3.63, 3.8) is 0 Å². The average molecular weight is 262 g/mol. The van der Waals surface area contributed by atoms with E-state index in [0.29, 0.717) is 0 Å². The summed E-state index contributed by atoms with van der Waals surface area (Å²) in [4.78, 5) is 11.3. The standard InChI is InChI=1S/C14H22N4O/c1-14(19-2)5-3-7-18(9-14)13-11-8-15-6-4-12(11)16-10-17-13/h10,15H,3-9H2,1-2H3. The van der Waals surface area contributed by atoms with Gasteiger partial charge in [-0.25, -0.2) is 9.97 Å².